The molecule has 0 aromatic heterocycles. The lowest BCUT2D eigenvalue weighted by Crippen LogP contribution is -2.10. The minimum Gasteiger partial charge on any atom is -0.423 e. The Hall–Kier alpha value is -3.14. The van der Waals surface area contributed by atoms with Gasteiger partial charge in [0.15, 0.2) is 0 Å². The molecule has 0 saturated heterocycles. The normalized spacial score (nSPS) is 10.2. The van der Waals surface area contributed by atoms with Crippen LogP contribution in [0, 0.1) is 0 Å². The second kappa shape index (κ2) is 9.70. The summed E-state index contributed by atoms with van der Waals surface area (Å²) in [6.07, 6.45) is 2.86. The first-order chi connectivity index (χ1) is 13.3. The molecular formula is C24H26O4. The molecule has 4 nitrogen and oxygen atoms in total. The number of carbonyl (C=O) groups excluding carboxylic acids is 2. The predicted molar refractivity (Wildman–Crippen MR) is 111 cm³/mol. The fraction of sp³-hybridized carbons (Fsp3) is 0.250. The van der Waals surface area contributed by atoms with Crippen LogP contribution < -0.4 is 9.47 Å². The van der Waals surface area contributed by atoms with Gasteiger partial charge in [-0.1, -0.05) is 44.7 Å². The van der Waals surface area contributed by atoms with Crippen LogP contribution in [0.2, 0.25) is 0 Å². The van der Waals surface area contributed by atoms with E-state index in [4.69, 9.17) is 9.47 Å². The minimum absolute atomic E-state index is 0.351. The van der Waals surface area contributed by atoms with E-state index < -0.39 is 11.9 Å². The van der Waals surface area contributed by atoms with Crippen LogP contribution in [0.3, 0.4) is 0 Å². The third kappa shape index (κ3) is 5.68. The number of hydrogen-bond donors (Lipinski definition) is 0. The first-order valence-corrected chi connectivity index (χ1v) is 9.30. The Labute approximate surface area is 166 Å². The quantitative estimate of drug-likeness (QED) is 0.338. The highest BCUT2D eigenvalue weighted by Crippen LogP contribution is 2.29. The van der Waals surface area contributed by atoms with Gasteiger partial charge in [-0.15, -0.1) is 0 Å². The zero-order chi connectivity index (χ0) is 20.7. The monoisotopic (exact) mass is 378 g/mol. The molecule has 0 aliphatic heterocycles. The Morgan fingerprint density at radius 3 is 2.00 bits per heavy atom. The van der Waals surface area contributed by atoms with Gasteiger partial charge in [0.25, 0.3) is 0 Å². The molecule has 0 amide bonds. The van der Waals surface area contributed by atoms with E-state index in [-0.39, 0.29) is 0 Å². The standard InChI is InChI=1S/C24H26O4/c1-6-7-8-20-15-19(11-14-22(20)28-24(26)17(4)5)18-9-12-21(13-10-18)27-23(25)16(2)3/h9-15H,2,4,6-8H2,1,3,5H3. The fourth-order valence-corrected chi connectivity index (χ4v) is 2.52. The second-order valence-corrected chi connectivity index (χ2v) is 6.79. The molecule has 0 spiro atoms. The molecule has 2 aromatic rings. The molecule has 0 saturated carbocycles. The van der Waals surface area contributed by atoms with Crippen molar-refractivity contribution < 1.29 is 19.1 Å². The Morgan fingerprint density at radius 2 is 1.43 bits per heavy atom. The summed E-state index contributed by atoms with van der Waals surface area (Å²) in [6.45, 7) is 12.6. The molecule has 0 fully saturated rings. The topological polar surface area (TPSA) is 52.6 Å². The third-order valence-corrected chi connectivity index (χ3v) is 4.16. The lowest BCUT2D eigenvalue weighted by atomic mass is 9.99. The predicted octanol–water partition coefficient (Wildman–Crippen LogP) is 5.66. The molecule has 0 heterocycles. The average Bonchev–Trinajstić information content (AvgIpc) is 2.67. The van der Waals surface area contributed by atoms with E-state index in [0.29, 0.717) is 22.6 Å². The van der Waals surface area contributed by atoms with E-state index in [0.717, 1.165) is 36.0 Å². The van der Waals surface area contributed by atoms with Gasteiger partial charge in [-0.3, -0.25) is 0 Å². The summed E-state index contributed by atoms with van der Waals surface area (Å²) in [5.41, 5.74) is 3.67. The van der Waals surface area contributed by atoms with Crippen molar-refractivity contribution in [3.63, 3.8) is 0 Å². The van der Waals surface area contributed by atoms with Gasteiger partial charge < -0.3 is 9.47 Å². The average molecular weight is 378 g/mol. The SMILES string of the molecule is C=C(C)C(=O)Oc1ccc(-c2ccc(OC(=O)C(=C)C)c(CCCC)c2)cc1. The maximum Gasteiger partial charge on any atom is 0.338 e. The molecule has 146 valence electrons. The van der Waals surface area contributed by atoms with Crippen molar-refractivity contribution in [3.8, 4) is 22.6 Å². The highest BCUT2D eigenvalue weighted by molar-refractivity contribution is 5.89. The zero-order valence-corrected chi connectivity index (χ0v) is 16.7. The molecule has 0 aliphatic rings. The summed E-state index contributed by atoms with van der Waals surface area (Å²) < 4.78 is 10.7. The third-order valence-electron chi connectivity index (χ3n) is 4.16. The summed E-state index contributed by atoms with van der Waals surface area (Å²) in [7, 11) is 0. The van der Waals surface area contributed by atoms with Gasteiger partial charge in [-0.05, 0) is 67.6 Å². The lowest BCUT2D eigenvalue weighted by Gasteiger charge is -2.13. The van der Waals surface area contributed by atoms with Crippen LogP contribution in [0.25, 0.3) is 11.1 Å². The Morgan fingerprint density at radius 1 is 0.857 bits per heavy atom. The number of carbonyl (C=O) groups is 2. The van der Waals surface area contributed by atoms with Crippen LogP contribution in [0.4, 0.5) is 0 Å². The number of benzene rings is 2. The van der Waals surface area contributed by atoms with Gasteiger partial charge in [0.05, 0.1) is 0 Å². The van der Waals surface area contributed by atoms with Crippen LogP contribution in [-0.4, -0.2) is 11.9 Å². The molecule has 0 atom stereocenters. The van der Waals surface area contributed by atoms with Crippen molar-refractivity contribution >= 4 is 11.9 Å². The van der Waals surface area contributed by atoms with Gasteiger partial charge in [-0.25, -0.2) is 9.59 Å². The number of ether oxygens (including phenoxy) is 2. The van der Waals surface area contributed by atoms with Crippen molar-refractivity contribution in [2.75, 3.05) is 0 Å². The van der Waals surface area contributed by atoms with Crippen LogP contribution >= 0.6 is 0 Å². The molecular weight excluding hydrogens is 352 g/mol. The van der Waals surface area contributed by atoms with Crippen molar-refractivity contribution in [3.05, 3.63) is 72.3 Å². The molecule has 0 aliphatic carbocycles. The molecule has 2 rings (SSSR count). The largest absolute Gasteiger partial charge is 0.423 e. The van der Waals surface area contributed by atoms with E-state index >= 15 is 0 Å². The first-order valence-electron chi connectivity index (χ1n) is 9.30. The van der Waals surface area contributed by atoms with Crippen LogP contribution in [0.15, 0.2) is 66.8 Å². The van der Waals surface area contributed by atoms with E-state index in [1.807, 2.05) is 30.3 Å². The number of unbranched alkanes of at least 4 members (excludes halogenated alkanes) is 1. The van der Waals surface area contributed by atoms with Crippen molar-refractivity contribution in [1.29, 1.82) is 0 Å². The summed E-state index contributed by atoms with van der Waals surface area (Å²) in [5, 5.41) is 0. The summed E-state index contributed by atoms with van der Waals surface area (Å²) in [6, 6.07) is 13.0. The maximum atomic E-state index is 11.9. The number of rotatable bonds is 8. The number of aryl methyl sites for hydroxylation is 1. The fourth-order valence-electron chi connectivity index (χ4n) is 2.52. The highest BCUT2D eigenvalue weighted by Gasteiger charge is 2.12. The van der Waals surface area contributed by atoms with E-state index in [1.165, 1.54) is 0 Å². The van der Waals surface area contributed by atoms with Crippen molar-refractivity contribution in [2.45, 2.75) is 40.0 Å². The second-order valence-electron chi connectivity index (χ2n) is 6.79. The Kier molecular flexibility index (Phi) is 7.33. The molecule has 0 radical (unpaired) electrons. The first kappa shape index (κ1) is 21.2. The lowest BCUT2D eigenvalue weighted by molar-refractivity contribution is -0.131. The Bertz CT molecular complexity index is 891. The summed E-state index contributed by atoms with van der Waals surface area (Å²) in [4.78, 5) is 23.5. The van der Waals surface area contributed by atoms with Gasteiger partial charge >= 0.3 is 11.9 Å². The van der Waals surface area contributed by atoms with E-state index in [1.54, 1.807) is 26.0 Å². The van der Waals surface area contributed by atoms with Crippen LogP contribution in [-0.2, 0) is 16.0 Å². The van der Waals surface area contributed by atoms with E-state index in [2.05, 4.69) is 20.1 Å². The van der Waals surface area contributed by atoms with Gasteiger partial charge in [0, 0.05) is 11.1 Å². The molecule has 4 heteroatoms. The highest BCUT2D eigenvalue weighted by atomic mass is 16.5. The Balaban J connectivity index is 2.27. The van der Waals surface area contributed by atoms with Crippen LogP contribution in [0.1, 0.15) is 39.2 Å². The molecule has 0 N–H and O–H groups in total. The number of hydrogen-bond acceptors (Lipinski definition) is 4. The van der Waals surface area contributed by atoms with Gasteiger partial charge in [-0.2, -0.15) is 0 Å². The number of esters is 2. The smallest absolute Gasteiger partial charge is 0.338 e. The van der Waals surface area contributed by atoms with Gasteiger partial charge in [0.2, 0.25) is 0 Å². The zero-order valence-electron chi connectivity index (χ0n) is 16.7. The molecule has 2 aromatic carbocycles. The molecule has 0 bridgehead atoms. The summed E-state index contributed by atoms with van der Waals surface area (Å²) in [5.74, 6) is 0.166. The van der Waals surface area contributed by atoms with Crippen molar-refractivity contribution in [1.82, 2.24) is 0 Å². The van der Waals surface area contributed by atoms with Gasteiger partial charge in [0.1, 0.15) is 11.5 Å². The summed E-state index contributed by atoms with van der Waals surface area (Å²) >= 11 is 0. The molecule has 0 unspecified atom stereocenters. The minimum atomic E-state index is -0.446. The molecule has 28 heavy (non-hydrogen) atoms. The van der Waals surface area contributed by atoms with E-state index in [9.17, 15) is 9.59 Å². The van der Waals surface area contributed by atoms with Crippen LogP contribution in [0.5, 0.6) is 11.5 Å². The van der Waals surface area contributed by atoms with Crippen molar-refractivity contribution in [2.24, 2.45) is 0 Å². The maximum absolute atomic E-state index is 11.9.